The second-order valence-electron chi connectivity index (χ2n) is 6.32. The van der Waals surface area contributed by atoms with Gasteiger partial charge in [-0.3, -0.25) is 4.90 Å². The molecule has 5 heteroatoms. The summed E-state index contributed by atoms with van der Waals surface area (Å²) in [4.78, 5) is 5.53. The Hall–Kier alpha value is -0.460. The van der Waals surface area contributed by atoms with Crippen molar-refractivity contribution in [3.63, 3.8) is 0 Å². The Morgan fingerprint density at radius 1 is 1.30 bits per heavy atom. The Balaban J connectivity index is 1.67. The van der Waals surface area contributed by atoms with E-state index < -0.39 is 0 Å². The van der Waals surface area contributed by atoms with Gasteiger partial charge in [0.05, 0.1) is 18.2 Å². The molecule has 20 heavy (non-hydrogen) atoms. The summed E-state index contributed by atoms with van der Waals surface area (Å²) < 4.78 is 0. The minimum atomic E-state index is -0.343. The van der Waals surface area contributed by atoms with Gasteiger partial charge in [-0.2, -0.15) is 0 Å². The molecule has 0 saturated carbocycles. The van der Waals surface area contributed by atoms with Gasteiger partial charge in [0, 0.05) is 11.4 Å². The van der Waals surface area contributed by atoms with Crippen molar-refractivity contribution >= 4 is 11.3 Å². The summed E-state index contributed by atoms with van der Waals surface area (Å²) in [6, 6.07) is 2.21. The number of aliphatic hydroxyl groups is 2. The summed E-state index contributed by atoms with van der Waals surface area (Å²) in [5.74, 6) is 0.377. The van der Waals surface area contributed by atoms with Crippen LogP contribution in [0.15, 0.2) is 11.4 Å². The molecular weight excluding hydrogens is 272 g/mol. The molecule has 3 heterocycles. The molecule has 3 atom stereocenters. The lowest BCUT2D eigenvalue weighted by Crippen LogP contribution is -2.50. The fraction of sp³-hybridized carbons (Fsp3) is 0.733. The van der Waals surface area contributed by atoms with Crippen LogP contribution in [-0.2, 0) is 0 Å². The SMILES string of the molecule is CN1CCC(C(O)c2cc(C3C(O)CN3C)cs2)CC1. The van der Waals surface area contributed by atoms with Crippen LogP contribution in [0.5, 0.6) is 0 Å². The van der Waals surface area contributed by atoms with Crippen molar-refractivity contribution in [1.29, 1.82) is 0 Å². The highest BCUT2D eigenvalue weighted by atomic mass is 32.1. The molecule has 1 aromatic rings. The second kappa shape index (κ2) is 5.73. The molecule has 0 aromatic carbocycles. The Morgan fingerprint density at radius 2 is 2.00 bits per heavy atom. The minimum absolute atomic E-state index is 0.115. The molecule has 0 amide bonds. The third-order valence-corrected chi connectivity index (χ3v) is 5.82. The van der Waals surface area contributed by atoms with Crippen LogP contribution in [-0.4, -0.2) is 59.8 Å². The molecule has 3 unspecified atom stereocenters. The second-order valence-corrected chi connectivity index (χ2v) is 7.26. The summed E-state index contributed by atoms with van der Waals surface area (Å²) in [6.07, 6.45) is 1.53. The Kier molecular flexibility index (Phi) is 4.15. The molecule has 1 aromatic heterocycles. The summed E-state index contributed by atoms with van der Waals surface area (Å²) >= 11 is 1.63. The van der Waals surface area contributed by atoms with Crippen molar-refractivity contribution in [2.24, 2.45) is 5.92 Å². The first kappa shape index (κ1) is 14.5. The molecule has 2 aliphatic rings. The van der Waals surface area contributed by atoms with Crippen molar-refractivity contribution in [2.45, 2.75) is 31.1 Å². The van der Waals surface area contributed by atoms with Gasteiger partial charge in [0.25, 0.3) is 0 Å². The van der Waals surface area contributed by atoms with Gasteiger partial charge >= 0.3 is 0 Å². The Bertz CT molecular complexity index is 448. The maximum atomic E-state index is 10.6. The van der Waals surface area contributed by atoms with E-state index in [1.165, 1.54) is 0 Å². The van der Waals surface area contributed by atoms with Crippen molar-refractivity contribution < 1.29 is 10.2 Å². The van der Waals surface area contributed by atoms with Gasteiger partial charge < -0.3 is 15.1 Å². The van der Waals surface area contributed by atoms with Crippen LogP contribution in [0.3, 0.4) is 0 Å². The van der Waals surface area contributed by atoms with E-state index in [2.05, 4.69) is 28.3 Å². The summed E-state index contributed by atoms with van der Waals surface area (Å²) in [6.45, 7) is 2.89. The van der Waals surface area contributed by atoms with E-state index in [9.17, 15) is 10.2 Å². The third-order valence-electron chi connectivity index (χ3n) is 4.80. The number of rotatable bonds is 3. The molecule has 0 aliphatic carbocycles. The van der Waals surface area contributed by atoms with Crippen LogP contribution in [0.2, 0.25) is 0 Å². The minimum Gasteiger partial charge on any atom is -0.390 e. The van der Waals surface area contributed by atoms with Crippen molar-refractivity contribution in [1.82, 2.24) is 9.80 Å². The summed E-state index contributed by atoms with van der Waals surface area (Å²) in [7, 11) is 4.17. The third kappa shape index (κ3) is 2.65. The van der Waals surface area contributed by atoms with E-state index in [0.717, 1.165) is 42.9 Å². The van der Waals surface area contributed by atoms with Gasteiger partial charge in [-0.1, -0.05) is 0 Å². The summed E-state index contributed by atoms with van der Waals surface area (Å²) in [5.41, 5.74) is 1.15. The van der Waals surface area contributed by atoms with Crippen molar-refractivity contribution in [3.8, 4) is 0 Å². The Labute approximate surface area is 124 Å². The van der Waals surface area contributed by atoms with Gasteiger partial charge in [-0.25, -0.2) is 0 Å². The lowest BCUT2D eigenvalue weighted by molar-refractivity contribution is -0.0467. The van der Waals surface area contributed by atoms with E-state index in [0.29, 0.717) is 5.92 Å². The number of aliphatic hydroxyl groups excluding tert-OH is 2. The fourth-order valence-electron chi connectivity index (χ4n) is 3.40. The monoisotopic (exact) mass is 296 g/mol. The number of likely N-dealkylation sites (N-methyl/N-ethyl adjacent to an activating group) is 1. The predicted molar refractivity (Wildman–Crippen MR) is 80.9 cm³/mol. The van der Waals surface area contributed by atoms with Crippen molar-refractivity contribution in [2.75, 3.05) is 33.7 Å². The van der Waals surface area contributed by atoms with Crippen LogP contribution in [0.25, 0.3) is 0 Å². The molecule has 4 nitrogen and oxygen atoms in total. The number of thiophene rings is 1. The zero-order valence-electron chi connectivity index (χ0n) is 12.2. The zero-order valence-corrected chi connectivity index (χ0v) is 13.0. The van der Waals surface area contributed by atoms with E-state index >= 15 is 0 Å². The average Bonchev–Trinajstić information content (AvgIpc) is 2.87. The largest absolute Gasteiger partial charge is 0.390 e. The zero-order chi connectivity index (χ0) is 14.3. The van der Waals surface area contributed by atoms with Crippen LogP contribution in [0, 0.1) is 5.92 Å². The number of hydrogen-bond acceptors (Lipinski definition) is 5. The molecule has 0 spiro atoms. The lowest BCUT2D eigenvalue weighted by atomic mass is 9.89. The highest BCUT2D eigenvalue weighted by molar-refractivity contribution is 7.10. The fourth-order valence-corrected chi connectivity index (χ4v) is 4.41. The molecule has 3 rings (SSSR count). The van der Waals surface area contributed by atoms with Gasteiger partial charge in [0.15, 0.2) is 0 Å². The number of hydrogen-bond donors (Lipinski definition) is 2. The average molecular weight is 296 g/mol. The first-order valence-electron chi connectivity index (χ1n) is 7.39. The van der Waals surface area contributed by atoms with Crippen molar-refractivity contribution in [3.05, 3.63) is 21.9 Å². The molecule has 2 fully saturated rings. The molecule has 112 valence electrons. The highest BCUT2D eigenvalue weighted by Crippen LogP contribution is 2.39. The predicted octanol–water partition coefficient (Wildman–Crippen LogP) is 1.47. The van der Waals surface area contributed by atoms with Gasteiger partial charge in [-0.05, 0) is 63.0 Å². The molecule has 2 aliphatic heterocycles. The molecule has 0 bridgehead atoms. The normalized spacial score (nSPS) is 31.2. The first-order chi connectivity index (χ1) is 9.56. The number of β-amino-alcohol motifs (C(OH)–C–C–N with tert-alkyl or cyclic N) is 1. The van der Waals surface area contributed by atoms with E-state index in [-0.39, 0.29) is 18.2 Å². The van der Waals surface area contributed by atoms with Crippen LogP contribution in [0.4, 0.5) is 0 Å². The number of nitrogens with zero attached hydrogens (tertiary/aromatic N) is 2. The van der Waals surface area contributed by atoms with Crippen LogP contribution in [0.1, 0.15) is 35.4 Å². The Morgan fingerprint density at radius 3 is 2.60 bits per heavy atom. The van der Waals surface area contributed by atoms with E-state index in [1.807, 2.05) is 7.05 Å². The summed E-state index contributed by atoms with van der Waals surface area (Å²) in [5, 5.41) is 22.5. The molecular formula is C15H24N2O2S. The lowest BCUT2D eigenvalue weighted by Gasteiger charge is -2.42. The maximum absolute atomic E-state index is 10.6. The van der Waals surface area contributed by atoms with Gasteiger partial charge in [0.2, 0.25) is 0 Å². The molecule has 0 radical (unpaired) electrons. The van der Waals surface area contributed by atoms with E-state index in [1.54, 1.807) is 11.3 Å². The van der Waals surface area contributed by atoms with E-state index in [4.69, 9.17) is 0 Å². The van der Waals surface area contributed by atoms with Crippen LogP contribution < -0.4 is 0 Å². The highest BCUT2D eigenvalue weighted by Gasteiger charge is 2.37. The van der Waals surface area contributed by atoms with Gasteiger partial charge in [0.1, 0.15) is 0 Å². The quantitative estimate of drug-likeness (QED) is 0.887. The standard InChI is InChI=1S/C15H24N2O2S/c1-16-5-3-10(4-6-16)15(19)13-7-11(9-20-13)14-12(18)8-17(14)2/h7,9-10,12,14-15,18-19H,3-6,8H2,1-2H3. The number of likely N-dealkylation sites (tertiary alicyclic amines) is 2. The topological polar surface area (TPSA) is 46.9 Å². The molecule has 2 saturated heterocycles. The smallest absolute Gasteiger partial charge is 0.0911 e. The maximum Gasteiger partial charge on any atom is 0.0911 e. The number of piperidine rings is 1. The van der Waals surface area contributed by atoms with Gasteiger partial charge in [-0.15, -0.1) is 11.3 Å². The molecule has 2 N–H and O–H groups in total. The van der Waals surface area contributed by atoms with Crippen LogP contribution >= 0.6 is 11.3 Å². The first-order valence-corrected chi connectivity index (χ1v) is 8.27.